The van der Waals surface area contributed by atoms with E-state index in [1.165, 1.54) is 0 Å². The number of amides is 2. The van der Waals surface area contributed by atoms with Gasteiger partial charge in [-0.15, -0.1) is 0 Å². The Morgan fingerprint density at radius 1 is 0.619 bits per heavy atom. The average Bonchev–Trinajstić information content (AvgIpc) is 2.98. The van der Waals surface area contributed by atoms with Crippen molar-refractivity contribution in [3.8, 4) is 0 Å². The Kier molecular flexibility index (Phi) is 8.91. The molecule has 4 aromatic carbocycles. The van der Waals surface area contributed by atoms with Crippen molar-refractivity contribution in [1.82, 2.24) is 10.6 Å². The van der Waals surface area contributed by atoms with Gasteiger partial charge >= 0.3 is 0 Å². The third kappa shape index (κ3) is 7.17. The molecule has 1 fully saturated rings. The van der Waals surface area contributed by atoms with Crippen LogP contribution in [0.25, 0.3) is 0 Å². The number of rotatable bonds is 9. The first kappa shape index (κ1) is 29.3. The van der Waals surface area contributed by atoms with Crippen LogP contribution in [0.2, 0.25) is 0 Å². The minimum Gasteiger partial charge on any atom is -0.355 e. The lowest BCUT2D eigenvalue weighted by atomic mass is 9.62. The van der Waals surface area contributed by atoms with E-state index in [1.54, 1.807) is 0 Å². The van der Waals surface area contributed by atoms with E-state index in [4.69, 9.17) is 0 Å². The Morgan fingerprint density at radius 3 is 1.40 bits per heavy atom. The summed E-state index contributed by atoms with van der Waals surface area (Å²) >= 11 is 0. The summed E-state index contributed by atoms with van der Waals surface area (Å²) in [4.78, 5) is 27.7. The van der Waals surface area contributed by atoms with E-state index < -0.39 is 0 Å². The van der Waals surface area contributed by atoms with E-state index in [0.29, 0.717) is 6.54 Å². The zero-order valence-corrected chi connectivity index (χ0v) is 24.9. The van der Waals surface area contributed by atoms with E-state index >= 15 is 0 Å². The van der Waals surface area contributed by atoms with Crippen LogP contribution in [0.4, 0.5) is 0 Å². The van der Waals surface area contributed by atoms with Gasteiger partial charge in [-0.25, -0.2) is 0 Å². The molecule has 0 aromatic heterocycles. The molecule has 2 amide bonds. The quantitative estimate of drug-likeness (QED) is 0.224. The first-order valence-corrected chi connectivity index (χ1v) is 15.0. The standard InChI is InChI=1S/C38H42N2O2/c1-37(2)24-32(40-36(42)34(30-20-12-6-13-21-30)31-22-14-7-15-23-31)25-38(3,26-37)27-39-35(41)33(28-16-8-4-9-17-28)29-18-10-5-11-19-29/h4-23,32-34H,24-27H2,1-3H3,(H,39,41)(H,40,42)/t32-,38-/m0/s1. The Balaban J connectivity index is 1.32. The van der Waals surface area contributed by atoms with Gasteiger partial charge in [-0.2, -0.15) is 0 Å². The van der Waals surface area contributed by atoms with Gasteiger partial charge in [0, 0.05) is 12.6 Å². The van der Waals surface area contributed by atoms with Crippen molar-refractivity contribution in [3.05, 3.63) is 144 Å². The molecule has 1 aliphatic rings. The van der Waals surface area contributed by atoms with Crippen molar-refractivity contribution in [2.45, 2.75) is 57.9 Å². The lowest BCUT2D eigenvalue weighted by Crippen LogP contribution is -2.51. The molecule has 0 aliphatic heterocycles. The number of hydrogen-bond donors (Lipinski definition) is 2. The summed E-state index contributed by atoms with van der Waals surface area (Å²) in [6.45, 7) is 7.35. The molecule has 2 atom stereocenters. The van der Waals surface area contributed by atoms with Gasteiger partial charge in [0.2, 0.25) is 11.8 Å². The highest BCUT2D eigenvalue weighted by atomic mass is 16.2. The molecule has 1 aliphatic carbocycles. The van der Waals surface area contributed by atoms with Crippen molar-refractivity contribution in [2.24, 2.45) is 10.8 Å². The van der Waals surface area contributed by atoms with Crippen molar-refractivity contribution in [1.29, 1.82) is 0 Å². The van der Waals surface area contributed by atoms with Crippen LogP contribution in [0.3, 0.4) is 0 Å². The lowest BCUT2D eigenvalue weighted by molar-refractivity contribution is -0.124. The fourth-order valence-corrected chi connectivity index (χ4v) is 7.13. The SMILES string of the molecule is CC1(C)C[C@H](NC(=O)C(c2ccccc2)c2ccccc2)C[C@](C)(CNC(=O)C(c2ccccc2)c2ccccc2)C1. The van der Waals surface area contributed by atoms with Crippen LogP contribution in [-0.2, 0) is 9.59 Å². The molecule has 4 aromatic rings. The second-order valence-electron chi connectivity index (χ2n) is 13.0. The van der Waals surface area contributed by atoms with Crippen molar-refractivity contribution >= 4 is 11.8 Å². The highest BCUT2D eigenvalue weighted by Crippen LogP contribution is 2.46. The average molecular weight is 559 g/mol. The number of benzene rings is 4. The highest BCUT2D eigenvalue weighted by Gasteiger charge is 2.42. The third-order valence-corrected chi connectivity index (χ3v) is 8.54. The maximum atomic E-state index is 13.9. The van der Waals surface area contributed by atoms with E-state index in [1.807, 2.05) is 121 Å². The van der Waals surface area contributed by atoms with Crippen molar-refractivity contribution in [2.75, 3.05) is 6.54 Å². The topological polar surface area (TPSA) is 58.2 Å². The molecule has 42 heavy (non-hydrogen) atoms. The van der Waals surface area contributed by atoms with Gasteiger partial charge < -0.3 is 10.6 Å². The second-order valence-corrected chi connectivity index (χ2v) is 13.0. The van der Waals surface area contributed by atoms with Gasteiger partial charge in [0.05, 0.1) is 11.8 Å². The van der Waals surface area contributed by atoms with E-state index in [9.17, 15) is 9.59 Å². The van der Waals surface area contributed by atoms with Gasteiger partial charge in [0.15, 0.2) is 0 Å². The highest BCUT2D eigenvalue weighted by molar-refractivity contribution is 5.88. The van der Waals surface area contributed by atoms with Crippen LogP contribution < -0.4 is 10.6 Å². The molecule has 0 heterocycles. The molecule has 0 unspecified atom stereocenters. The van der Waals surface area contributed by atoms with Crippen molar-refractivity contribution in [3.63, 3.8) is 0 Å². The molecule has 4 heteroatoms. The van der Waals surface area contributed by atoms with Gasteiger partial charge in [-0.3, -0.25) is 9.59 Å². The lowest BCUT2D eigenvalue weighted by Gasteiger charge is -2.47. The smallest absolute Gasteiger partial charge is 0.232 e. The Labute approximate surface area is 250 Å². The Hall–Kier alpha value is -4.18. The van der Waals surface area contributed by atoms with E-state index in [2.05, 4.69) is 31.4 Å². The molecule has 0 spiro atoms. The summed E-state index contributed by atoms with van der Waals surface area (Å²) in [6, 6.07) is 40.0. The fourth-order valence-electron chi connectivity index (χ4n) is 7.13. The number of carbonyl (C=O) groups is 2. The maximum absolute atomic E-state index is 13.9. The minimum absolute atomic E-state index is 0.00538. The van der Waals surface area contributed by atoms with Crippen LogP contribution in [0, 0.1) is 10.8 Å². The zero-order valence-electron chi connectivity index (χ0n) is 24.9. The van der Waals surface area contributed by atoms with Crippen LogP contribution in [0.5, 0.6) is 0 Å². The normalized spacial score (nSPS) is 19.8. The summed E-state index contributed by atoms with van der Waals surface area (Å²) in [5.41, 5.74) is 3.78. The van der Waals surface area contributed by atoms with Crippen LogP contribution in [-0.4, -0.2) is 24.4 Å². The largest absolute Gasteiger partial charge is 0.355 e. The van der Waals surface area contributed by atoms with Gasteiger partial charge in [-0.1, -0.05) is 142 Å². The van der Waals surface area contributed by atoms with Crippen LogP contribution >= 0.6 is 0 Å². The van der Waals surface area contributed by atoms with Gasteiger partial charge in [0.25, 0.3) is 0 Å². The third-order valence-electron chi connectivity index (χ3n) is 8.54. The van der Waals surface area contributed by atoms with E-state index in [0.717, 1.165) is 41.5 Å². The van der Waals surface area contributed by atoms with Crippen LogP contribution in [0.15, 0.2) is 121 Å². The molecule has 5 rings (SSSR count). The second kappa shape index (κ2) is 12.8. The molecule has 2 N–H and O–H groups in total. The first-order valence-electron chi connectivity index (χ1n) is 15.0. The van der Waals surface area contributed by atoms with Crippen molar-refractivity contribution < 1.29 is 9.59 Å². The number of nitrogens with one attached hydrogen (secondary N) is 2. The summed E-state index contributed by atoms with van der Waals surface area (Å²) in [6.07, 6.45) is 2.67. The summed E-state index contributed by atoms with van der Waals surface area (Å²) in [5.74, 6) is -0.720. The molecule has 0 bridgehead atoms. The monoisotopic (exact) mass is 558 g/mol. The molecule has 216 valence electrons. The molecular weight excluding hydrogens is 516 g/mol. The molecule has 4 nitrogen and oxygen atoms in total. The maximum Gasteiger partial charge on any atom is 0.232 e. The predicted octanol–water partition coefficient (Wildman–Crippen LogP) is 7.47. The minimum atomic E-state index is -0.374. The summed E-state index contributed by atoms with van der Waals surface area (Å²) in [7, 11) is 0. The Morgan fingerprint density at radius 2 is 1.00 bits per heavy atom. The molecular formula is C38H42N2O2. The summed E-state index contributed by atoms with van der Waals surface area (Å²) < 4.78 is 0. The Bertz CT molecular complexity index is 1380. The zero-order chi connectivity index (χ0) is 29.6. The van der Waals surface area contributed by atoms with Crippen LogP contribution in [0.1, 0.15) is 74.1 Å². The van der Waals surface area contributed by atoms with E-state index in [-0.39, 0.29) is 40.5 Å². The fraction of sp³-hybridized carbons (Fsp3) is 0.316. The van der Waals surface area contributed by atoms with Gasteiger partial charge in [-0.05, 0) is 52.3 Å². The number of hydrogen-bond acceptors (Lipinski definition) is 2. The molecule has 1 saturated carbocycles. The van der Waals surface area contributed by atoms with Gasteiger partial charge in [0.1, 0.15) is 0 Å². The predicted molar refractivity (Wildman–Crippen MR) is 170 cm³/mol. The summed E-state index contributed by atoms with van der Waals surface area (Å²) in [5, 5.41) is 6.76. The molecule has 0 saturated heterocycles. The first-order chi connectivity index (χ1) is 20.2. The number of carbonyl (C=O) groups excluding carboxylic acids is 2. The molecule has 0 radical (unpaired) electrons.